The van der Waals surface area contributed by atoms with Gasteiger partial charge in [-0.3, -0.25) is 0 Å². The maximum atomic E-state index is 10.3. The smallest absolute Gasteiger partial charge is 0.125 e. The second-order valence-electron chi connectivity index (χ2n) is 5.56. The van der Waals surface area contributed by atoms with E-state index in [1.54, 1.807) is 0 Å². The summed E-state index contributed by atoms with van der Waals surface area (Å²) in [6, 6.07) is 16.4. The summed E-state index contributed by atoms with van der Waals surface area (Å²) in [6.07, 6.45) is 2.30. The van der Waals surface area contributed by atoms with E-state index < -0.39 is 6.10 Å². The van der Waals surface area contributed by atoms with Crippen LogP contribution in [0.5, 0.6) is 5.75 Å². The lowest BCUT2D eigenvalue weighted by Crippen LogP contribution is -2.26. The first-order valence-electron chi connectivity index (χ1n) is 7.21. The Balaban J connectivity index is 1.67. The molecule has 2 atom stereocenters. The summed E-state index contributed by atoms with van der Waals surface area (Å²) >= 11 is 0. The quantitative estimate of drug-likeness (QED) is 0.917. The molecule has 0 spiro atoms. The molecule has 0 fully saturated rings. The lowest BCUT2D eigenvalue weighted by Gasteiger charge is -2.30. The standard InChI is InChI=1S/C18H20O2/c1-13-7-10-18-16(11-13)17(19)12-15(20-18)9-8-14-5-3-2-4-6-14/h2-7,10-11,15,17,19H,8-9,12H2,1H3. The largest absolute Gasteiger partial charge is 0.490 e. The Morgan fingerprint density at radius 2 is 1.95 bits per heavy atom. The van der Waals surface area contributed by atoms with Crippen LogP contribution in [0.25, 0.3) is 0 Å². The summed E-state index contributed by atoms with van der Waals surface area (Å²) in [6.45, 7) is 2.04. The molecule has 2 aromatic rings. The van der Waals surface area contributed by atoms with Crippen molar-refractivity contribution in [3.8, 4) is 5.75 Å². The summed E-state index contributed by atoms with van der Waals surface area (Å²) < 4.78 is 6.02. The van der Waals surface area contributed by atoms with Gasteiger partial charge in [-0.2, -0.15) is 0 Å². The molecular weight excluding hydrogens is 248 g/mol. The highest BCUT2D eigenvalue weighted by Crippen LogP contribution is 2.36. The minimum absolute atomic E-state index is 0.0976. The van der Waals surface area contributed by atoms with Crippen LogP contribution in [0.2, 0.25) is 0 Å². The zero-order valence-corrected chi connectivity index (χ0v) is 11.8. The molecule has 0 aliphatic carbocycles. The maximum Gasteiger partial charge on any atom is 0.125 e. The Kier molecular flexibility index (Phi) is 3.75. The number of benzene rings is 2. The number of hydrogen-bond donors (Lipinski definition) is 1. The van der Waals surface area contributed by atoms with E-state index in [0.717, 1.165) is 29.7 Å². The predicted molar refractivity (Wildman–Crippen MR) is 79.9 cm³/mol. The van der Waals surface area contributed by atoms with Crippen molar-refractivity contribution in [2.24, 2.45) is 0 Å². The van der Waals surface area contributed by atoms with Crippen molar-refractivity contribution in [3.05, 3.63) is 65.2 Å². The highest BCUT2D eigenvalue weighted by molar-refractivity contribution is 5.40. The monoisotopic (exact) mass is 268 g/mol. The Bertz CT molecular complexity index is 577. The summed E-state index contributed by atoms with van der Waals surface area (Å²) in [5, 5.41) is 10.3. The van der Waals surface area contributed by atoms with Gasteiger partial charge in [-0.25, -0.2) is 0 Å². The topological polar surface area (TPSA) is 29.5 Å². The third kappa shape index (κ3) is 2.86. The number of aryl methyl sites for hydroxylation is 2. The predicted octanol–water partition coefficient (Wildman–Crippen LogP) is 3.81. The number of hydrogen-bond acceptors (Lipinski definition) is 2. The molecule has 0 amide bonds. The molecule has 3 rings (SSSR count). The second-order valence-corrected chi connectivity index (χ2v) is 5.56. The van der Waals surface area contributed by atoms with Gasteiger partial charge in [0, 0.05) is 12.0 Å². The first-order valence-corrected chi connectivity index (χ1v) is 7.21. The fourth-order valence-corrected chi connectivity index (χ4v) is 2.79. The van der Waals surface area contributed by atoms with Gasteiger partial charge in [-0.15, -0.1) is 0 Å². The van der Waals surface area contributed by atoms with E-state index >= 15 is 0 Å². The van der Waals surface area contributed by atoms with Gasteiger partial charge >= 0.3 is 0 Å². The first-order chi connectivity index (χ1) is 9.72. The van der Waals surface area contributed by atoms with E-state index in [9.17, 15) is 5.11 Å². The van der Waals surface area contributed by atoms with Crippen LogP contribution in [0, 0.1) is 6.92 Å². The summed E-state index contributed by atoms with van der Waals surface area (Å²) in [7, 11) is 0. The molecular formula is C18H20O2. The Labute approximate surface area is 120 Å². The van der Waals surface area contributed by atoms with E-state index in [1.165, 1.54) is 5.56 Å². The molecule has 0 bridgehead atoms. The number of ether oxygens (including phenoxy) is 1. The maximum absolute atomic E-state index is 10.3. The van der Waals surface area contributed by atoms with Crippen molar-refractivity contribution in [1.29, 1.82) is 0 Å². The fourth-order valence-electron chi connectivity index (χ4n) is 2.79. The zero-order chi connectivity index (χ0) is 13.9. The van der Waals surface area contributed by atoms with Crippen LogP contribution in [-0.4, -0.2) is 11.2 Å². The molecule has 0 radical (unpaired) electrons. The van der Waals surface area contributed by atoms with Gasteiger partial charge in [0.05, 0.1) is 6.10 Å². The molecule has 0 aromatic heterocycles. The van der Waals surface area contributed by atoms with Crippen LogP contribution < -0.4 is 4.74 Å². The van der Waals surface area contributed by atoms with Gasteiger partial charge in [0.2, 0.25) is 0 Å². The van der Waals surface area contributed by atoms with E-state index in [1.807, 2.05) is 31.2 Å². The van der Waals surface area contributed by atoms with Gasteiger partial charge in [0.1, 0.15) is 11.9 Å². The fraction of sp³-hybridized carbons (Fsp3) is 0.333. The zero-order valence-electron chi connectivity index (χ0n) is 11.8. The van der Waals surface area contributed by atoms with E-state index in [0.29, 0.717) is 6.42 Å². The number of aliphatic hydroxyl groups is 1. The molecule has 1 aliphatic rings. The summed E-state index contributed by atoms with van der Waals surface area (Å²) in [5.74, 6) is 0.840. The minimum atomic E-state index is -0.403. The number of fused-ring (bicyclic) bond motifs is 1. The van der Waals surface area contributed by atoms with Gasteiger partial charge in [-0.05, 0) is 37.5 Å². The van der Waals surface area contributed by atoms with Crippen molar-refractivity contribution >= 4 is 0 Å². The lowest BCUT2D eigenvalue weighted by atomic mass is 9.94. The SMILES string of the molecule is Cc1ccc2c(c1)C(O)CC(CCc1ccccc1)O2. The van der Waals surface area contributed by atoms with E-state index in [2.05, 4.69) is 24.3 Å². The molecule has 2 heteroatoms. The second kappa shape index (κ2) is 5.68. The van der Waals surface area contributed by atoms with E-state index in [4.69, 9.17) is 4.74 Å². The van der Waals surface area contributed by atoms with Crippen molar-refractivity contribution in [1.82, 2.24) is 0 Å². The number of rotatable bonds is 3. The van der Waals surface area contributed by atoms with Crippen molar-refractivity contribution < 1.29 is 9.84 Å². The molecule has 1 N–H and O–H groups in total. The van der Waals surface area contributed by atoms with Gasteiger partial charge in [-0.1, -0.05) is 42.0 Å². The van der Waals surface area contributed by atoms with Crippen LogP contribution in [0.3, 0.4) is 0 Å². The highest BCUT2D eigenvalue weighted by atomic mass is 16.5. The molecule has 2 unspecified atom stereocenters. The summed E-state index contributed by atoms with van der Waals surface area (Å²) in [4.78, 5) is 0. The first kappa shape index (κ1) is 13.2. The van der Waals surface area contributed by atoms with Gasteiger partial charge < -0.3 is 9.84 Å². The molecule has 0 saturated heterocycles. The molecule has 20 heavy (non-hydrogen) atoms. The van der Waals surface area contributed by atoms with Crippen molar-refractivity contribution in [3.63, 3.8) is 0 Å². The highest BCUT2D eigenvalue weighted by Gasteiger charge is 2.26. The van der Waals surface area contributed by atoms with Crippen LogP contribution in [0.15, 0.2) is 48.5 Å². The van der Waals surface area contributed by atoms with Crippen molar-refractivity contribution in [2.75, 3.05) is 0 Å². The molecule has 1 heterocycles. The Hall–Kier alpha value is -1.80. The lowest BCUT2D eigenvalue weighted by molar-refractivity contribution is 0.0619. The third-order valence-corrected chi connectivity index (χ3v) is 3.90. The van der Waals surface area contributed by atoms with Crippen LogP contribution >= 0.6 is 0 Å². The molecule has 1 aliphatic heterocycles. The molecule has 2 nitrogen and oxygen atoms in total. The molecule has 104 valence electrons. The average molecular weight is 268 g/mol. The van der Waals surface area contributed by atoms with Gasteiger partial charge in [0.15, 0.2) is 0 Å². The van der Waals surface area contributed by atoms with Crippen LogP contribution in [0.4, 0.5) is 0 Å². The Morgan fingerprint density at radius 3 is 2.75 bits per heavy atom. The third-order valence-electron chi connectivity index (χ3n) is 3.90. The van der Waals surface area contributed by atoms with Crippen LogP contribution in [0.1, 0.15) is 35.6 Å². The normalized spacial score (nSPS) is 21.1. The number of aliphatic hydroxyl groups excluding tert-OH is 1. The average Bonchev–Trinajstić information content (AvgIpc) is 2.47. The van der Waals surface area contributed by atoms with Crippen LogP contribution in [-0.2, 0) is 6.42 Å². The van der Waals surface area contributed by atoms with E-state index in [-0.39, 0.29) is 6.10 Å². The van der Waals surface area contributed by atoms with Crippen molar-refractivity contribution in [2.45, 2.75) is 38.4 Å². The summed E-state index contributed by atoms with van der Waals surface area (Å²) in [5.41, 5.74) is 3.41. The minimum Gasteiger partial charge on any atom is -0.490 e. The Morgan fingerprint density at radius 1 is 1.15 bits per heavy atom. The van der Waals surface area contributed by atoms with Gasteiger partial charge in [0.25, 0.3) is 0 Å². The molecule has 2 aromatic carbocycles. The molecule has 0 saturated carbocycles.